The van der Waals surface area contributed by atoms with Gasteiger partial charge in [-0.1, -0.05) is 29.3 Å². The summed E-state index contributed by atoms with van der Waals surface area (Å²) in [6.07, 6.45) is 5.91. The molecule has 2 atom stereocenters. The predicted octanol–water partition coefficient (Wildman–Crippen LogP) is 5.20. The number of nitrogens with one attached hydrogen (secondary N) is 3. The molecule has 10 rings (SSSR count). The van der Waals surface area contributed by atoms with Crippen LogP contribution >= 0.6 is 23.2 Å². The summed E-state index contributed by atoms with van der Waals surface area (Å²) in [5.74, 6) is -0.967. The third kappa shape index (κ3) is 8.25. The fourth-order valence-electron chi connectivity index (χ4n) is 9.98. The Bertz CT molecular complexity index is 2930. The molecule has 5 amide bonds. The van der Waals surface area contributed by atoms with Gasteiger partial charge < -0.3 is 19.9 Å². The molecule has 3 aromatic heterocycles. The maximum absolute atomic E-state index is 13.7. The van der Waals surface area contributed by atoms with Gasteiger partial charge in [0.1, 0.15) is 29.4 Å². The second-order valence-electron chi connectivity index (χ2n) is 17.9. The van der Waals surface area contributed by atoms with Crippen LogP contribution in [0.5, 0.6) is 5.75 Å². The lowest BCUT2D eigenvalue weighted by atomic mass is 9.74. The molecule has 5 aliphatic rings. The van der Waals surface area contributed by atoms with Gasteiger partial charge in [0.2, 0.25) is 27.7 Å². The summed E-state index contributed by atoms with van der Waals surface area (Å²) in [4.78, 5) is 77.4. The van der Waals surface area contributed by atoms with Crippen molar-refractivity contribution in [3.05, 3.63) is 93.9 Å². The van der Waals surface area contributed by atoms with Crippen molar-refractivity contribution in [2.45, 2.75) is 62.8 Å². The van der Waals surface area contributed by atoms with Crippen LogP contribution < -0.4 is 20.3 Å². The van der Waals surface area contributed by atoms with Gasteiger partial charge in [0.05, 0.1) is 31.9 Å². The minimum atomic E-state index is -3.54. The van der Waals surface area contributed by atoms with Gasteiger partial charge in [-0.15, -0.1) is 0 Å². The number of nitrogens with zero attached hydrogens (tertiary/aromatic N) is 7. The number of H-pyrrole nitrogens is 1. The second-order valence-corrected chi connectivity index (χ2v) is 20.9. The van der Waals surface area contributed by atoms with Gasteiger partial charge in [-0.05, 0) is 75.1 Å². The number of amides is 5. The predicted molar refractivity (Wildman–Crippen MR) is 248 cm³/mol. The number of carbonyl (C=O) groups is 5. The number of fused-ring (bicyclic) bond motifs is 2. The number of anilines is 2. The number of hydrogen-bond acceptors (Lipinski definition) is 13. The molecule has 4 fully saturated rings. The van der Waals surface area contributed by atoms with Crippen LogP contribution in [-0.2, 0) is 24.4 Å². The fourth-order valence-corrected chi connectivity index (χ4v) is 12.8. The van der Waals surface area contributed by atoms with Crippen LogP contribution in [-0.4, -0.2) is 129 Å². The Hall–Kier alpha value is -6.15. The Labute approximate surface area is 395 Å². The van der Waals surface area contributed by atoms with E-state index in [1.165, 1.54) is 18.5 Å². The van der Waals surface area contributed by atoms with Crippen molar-refractivity contribution in [1.82, 2.24) is 39.6 Å². The number of aromatic nitrogens is 4. The molecule has 18 nitrogen and oxygen atoms in total. The zero-order valence-electron chi connectivity index (χ0n) is 36.3. The lowest BCUT2D eigenvalue weighted by Crippen LogP contribution is -2.73. The molecule has 21 heteroatoms. The van der Waals surface area contributed by atoms with E-state index in [9.17, 15) is 32.4 Å². The number of ether oxygens (including phenoxy) is 1. The van der Waals surface area contributed by atoms with E-state index in [1.807, 2.05) is 37.3 Å². The molecule has 348 valence electrons. The number of rotatable bonds is 13. The Kier molecular flexibility index (Phi) is 11.7. The first kappa shape index (κ1) is 44.7. The number of piperidine rings is 2. The molecule has 2 aromatic carbocycles. The molecule has 8 heterocycles. The highest BCUT2D eigenvalue weighted by Crippen LogP contribution is 2.44. The van der Waals surface area contributed by atoms with E-state index in [2.05, 4.69) is 30.7 Å². The number of aromatic amines is 1. The SMILES string of the molecule is C[C@@H](Oc1ccc2[nH]nc(-c3ccc(N4CC5(C4)CN(S(=O)(=O)C4CCN(C(=O)CCCNc6cccc7c6C(=O)N(C6CCC(=O)NC6=O)C7=O)CC4)C5)nc3)c2c1)c1c(Cl)cncc1Cl. The zero-order valence-corrected chi connectivity index (χ0v) is 38.7. The average molecular weight is 970 g/mol. The van der Waals surface area contributed by atoms with Crippen LogP contribution in [0, 0.1) is 5.41 Å². The summed E-state index contributed by atoms with van der Waals surface area (Å²) in [6.45, 7) is 5.22. The summed E-state index contributed by atoms with van der Waals surface area (Å²) in [5.41, 5.74) is 3.68. The van der Waals surface area contributed by atoms with E-state index >= 15 is 0 Å². The van der Waals surface area contributed by atoms with E-state index < -0.39 is 51.0 Å². The van der Waals surface area contributed by atoms with Crippen LogP contribution in [0.25, 0.3) is 22.2 Å². The molecular weight excluding hydrogens is 924 g/mol. The lowest BCUT2D eigenvalue weighted by molar-refractivity contribution is -0.136. The zero-order chi connectivity index (χ0) is 46.8. The molecule has 0 bridgehead atoms. The molecule has 0 saturated carbocycles. The van der Waals surface area contributed by atoms with E-state index in [0.717, 1.165) is 32.9 Å². The van der Waals surface area contributed by atoms with Crippen LogP contribution in [0.4, 0.5) is 11.5 Å². The molecule has 5 aliphatic heterocycles. The van der Waals surface area contributed by atoms with E-state index in [-0.39, 0.29) is 41.7 Å². The quantitative estimate of drug-likeness (QED) is 0.102. The van der Waals surface area contributed by atoms with Crippen molar-refractivity contribution >= 4 is 85.2 Å². The van der Waals surface area contributed by atoms with Crippen molar-refractivity contribution in [2.24, 2.45) is 5.41 Å². The number of carbonyl (C=O) groups excluding carboxylic acids is 5. The summed E-state index contributed by atoms with van der Waals surface area (Å²) >= 11 is 12.7. The fraction of sp³-hybridized carbons (Fsp3) is 0.391. The van der Waals surface area contributed by atoms with Gasteiger partial charge in [-0.2, -0.15) is 5.10 Å². The largest absolute Gasteiger partial charge is 0.486 e. The van der Waals surface area contributed by atoms with Crippen molar-refractivity contribution in [3.8, 4) is 17.0 Å². The molecule has 1 spiro atoms. The molecule has 3 N–H and O–H groups in total. The van der Waals surface area contributed by atoms with E-state index in [0.29, 0.717) is 92.1 Å². The number of benzene rings is 2. The van der Waals surface area contributed by atoms with E-state index in [4.69, 9.17) is 32.9 Å². The molecule has 5 aromatic rings. The van der Waals surface area contributed by atoms with E-state index in [1.54, 1.807) is 27.5 Å². The van der Waals surface area contributed by atoms with Crippen molar-refractivity contribution < 1.29 is 37.1 Å². The third-order valence-corrected chi connectivity index (χ3v) is 16.4. The minimum absolute atomic E-state index is 0.0298. The summed E-state index contributed by atoms with van der Waals surface area (Å²) in [5, 5.41) is 14.2. The number of imide groups is 2. The highest BCUT2D eigenvalue weighted by Gasteiger charge is 2.56. The Morgan fingerprint density at radius 1 is 0.955 bits per heavy atom. The lowest BCUT2D eigenvalue weighted by Gasteiger charge is -2.60. The maximum Gasteiger partial charge on any atom is 0.264 e. The van der Waals surface area contributed by atoms with Gasteiger partial charge >= 0.3 is 0 Å². The summed E-state index contributed by atoms with van der Waals surface area (Å²) < 4.78 is 35.3. The topological polar surface area (TPSA) is 220 Å². The molecule has 1 unspecified atom stereocenters. The smallest absolute Gasteiger partial charge is 0.264 e. The molecule has 4 saturated heterocycles. The molecule has 67 heavy (non-hydrogen) atoms. The summed E-state index contributed by atoms with van der Waals surface area (Å²) in [7, 11) is -3.54. The maximum atomic E-state index is 13.7. The number of hydrogen-bond donors (Lipinski definition) is 3. The normalized spacial score (nSPS) is 20.2. The van der Waals surface area contributed by atoms with Crippen molar-refractivity contribution in [1.29, 1.82) is 0 Å². The van der Waals surface area contributed by atoms with Crippen molar-refractivity contribution in [2.75, 3.05) is 56.0 Å². The van der Waals surface area contributed by atoms with Gasteiger partial charge in [0.25, 0.3) is 11.8 Å². The standard InChI is InChI=1S/C46H46Cl2N10O8S/c1-26(40-32(47)20-49-21-33(40)48)66-28-8-9-34-31(18-28)42(54-53-34)27-7-11-37(51-19-27)56-22-46(23-56)24-57(25-46)67(64,65)29-13-16-55(17-14-29)39(60)6-3-15-50-35-5-2-4-30-41(35)45(63)58(44(30)62)36-10-12-38(59)52-43(36)61/h2,4-5,7-9,11,18-21,26,29,36,50H,3,6,10,12-17,22-25H2,1H3,(H,53,54)(H,52,59,61)/t26-,36?/m1/s1. The highest BCUT2D eigenvalue weighted by atomic mass is 35.5. The molecular formula is C46H46Cl2N10O8S. The van der Waals surface area contributed by atoms with Crippen LogP contribution in [0.1, 0.15) is 77.8 Å². The summed E-state index contributed by atoms with van der Waals surface area (Å²) in [6, 6.07) is 13.4. The first-order valence-corrected chi connectivity index (χ1v) is 24.5. The van der Waals surface area contributed by atoms with Crippen molar-refractivity contribution in [3.63, 3.8) is 0 Å². The van der Waals surface area contributed by atoms with Crippen LogP contribution in [0.15, 0.2) is 67.1 Å². The van der Waals surface area contributed by atoms with Gasteiger partial charge in [-0.3, -0.25) is 44.3 Å². The number of sulfonamides is 1. The average Bonchev–Trinajstić information content (AvgIpc) is 3.81. The number of halogens is 2. The minimum Gasteiger partial charge on any atom is -0.486 e. The Morgan fingerprint density at radius 2 is 1.72 bits per heavy atom. The number of likely N-dealkylation sites (tertiary alicyclic amines) is 1. The Morgan fingerprint density at radius 3 is 2.43 bits per heavy atom. The van der Waals surface area contributed by atoms with Crippen LogP contribution in [0.2, 0.25) is 10.0 Å². The van der Waals surface area contributed by atoms with Gasteiger partial charge in [0, 0.05) is 105 Å². The first-order chi connectivity index (χ1) is 32.2. The van der Waals surface area contributed by atoms with Gasteiger partial charge in [-0.25, -0.2) is 17.7 Å². The highest BCUT2D eigenvalue weighted by molar-refractivity contribution is 7.89. The Balaban J connectivity index is 0.668. The third-order valence-electron chi connectivity index (χ3n) is 13.5. The number of pyridine rings is 2. The molecule has 0 radical (unpaired) electrons. The van der Waals surface area contributed by atoms with Gasteiger partial charge in [0.15, 0.2) is 0 Å². The molecule has 0 aliphatic carbocycles. The second kappa shape index (κ2) is 17.5. The monoisotopic (exact) mass is 968 g/mol. The van der Waals surface area contributed by atoms with Crippen LogP contribution in [0.3, 0.4) is 0 Å². The first-order valence-electron chi connectivity index (χ1n) is 22.2.